The van der Waals surface area contributed by atoms with Crippen LogP contribution in [0.5, 0.6) is 11.5 Å². The number of carbonyl (C=O) groups excluding carboxylic acids is 2. The number of anilines is 1. The van der Waals surface area contributed by atoms with Crippen molar-refractivity contribution in [2.45, 2.75) is 12.5 Å². The van der Waals surface area contributed by atoms with E-state index >= 15 is 0 Å². The Balaban J connectivity index is 1.31. The van der Waals surface area contributed by atoms with Gasteiger partial charge in [0.25, 0.3) is 0 Å². The third kappa shape index (κ3) is 2.43. The molecule has 2 amide bonds. The van der Waals surface area contributed by atoms with Crippen molar-refractivity contribution in [1.82, 2.24) is 0 Å². The van der Waals surface area contributed by atoms with Gasteiger partial charge in [-0.05, 0) is 60.9 Å². The zero-order chi connectivity index (χ0) is 21.3. The fourth-order valence-corrected chi connectivity index (χ4v) is 6.11. The first-order chi connectivity index (χ1) is 15.1. The molecule has 6 atom stereocenters. The second-order valence-electron chi connectivity index (χ2n) is 8.63. The number of hydrogen-bond acceptors (Lipinski definition) is 6. The van der Waals surface area contributed by atoms with E-state index in [1.165, 1.54) is 4.90 Å². The number of carbonyl (C=O) groups is 2. The van der Waals surface area contributed by atoms with Crippen molar-refractivity contribution in [2.75, 3.05) is 19.1 Å². The van der Waals surface area contributed by atoms with Gasteiger partial charge in [-0.25, -0.2) is 0 Å². The Labute approximate surface area is 179 Å². The number of oxime groups is 1. The zero-order valence-corrected chi connectivity index (χ0v) is 17.2. The minimum Gasteiger partial charge on any atom is -0.497 e. The summed E-state index contributed by atoms with van der Waals surface area (Å²) in [5.74, 6) is 0.706. The Morgan fingerprint density at radius 1 is 0.839 bits per heavy atom. The van der Waals surface area contributed by atoms with E-state index in [1.807, 2.05) is 24.3 Å². The van der Waals surface area contributed by atoms with Gasteiger partial charge >= 0.3 is 0 Å². The molecule has 2 bridgehead atoms. The van der Waals surface area contributed by atoms with Crippen molar-refractivity contribution in [1.29, 1.82) is 0 Å². The number of fused-ring (bicyclic) bond motifs is 8. The molecule has 2 aromatic carbocycles. The highest BCUT2D eigenvalue weighted by Gasteiger charge is 2.70. The average Bonchev–Trinajstić information content (AvgIpc) is 3.54. The maximum Gasteiger partial charge on any atom is 0.238 e. The maximum absolute atomic E-state index is 13.4. The molecule has 2 saturated carbocycles. The molecule has 0 N–H and O–H groups in total. The highest BCUT2D eigenvalue weighted by molar-refractivity contribution is 6.23. The van der Waals surface area contributed by atoms with Gasteiger partial charge in [0.1, 0.15) is 17.6 Å². The largest absolute Gasteiger partial charge is 0.497 e. The summed E-state index contributed by atoms with van der Waals surface area (Å²) in [6, 6.07) is 14.8. The van der Waals surface area contributed by atoms with Crippen molar-refractivity contribution in [2.24, 2.45) is 34.7 Å². The van der Waals surface area contributed by atoms with E-state index in [2.05, 4.69) is 5.16 Å². The molecular formula is C24H22N2O5. The molecule has 2 heterocycles. The smallest absolute Gasteiger partial charge is 0.238 e. The fraction of sp³-hybridized carbons (Fsp3) is 0.375. The lowest BCUT2D eigenvalue weighted by Gasteiger charge is -2.29. The van der Waals surface area contributed by atoms with Gasteiger partial charge in [0.15, 0.2) is 0 Å². The van der Waals surface area contributed by atoms with E-state index in [9.17, 15) is 9.59 Å². The molecule has 0 unspecified atom stereocenters. The van der Waals surface area contributed by atoms with Gasteiger partial charge in [0.05, 0.1) is 37.5 Å². The summed E-state index contributed by atoms with van der Waals surface area (Å²) in [4.78, 5) is 34.0. The van der Waals surface area contributed by atoms with Gasteiger partial charge in [-0.15, -0.1) is 0 Å². The number of ether oxygens (including phenoxy) is 2. The Kier molecular flexibility index (Phi) is 3.91. The Morgan fingerprint density at radius 2 is 1.42 bits per heavy atom. The first-order valence-corrected chi connectivity index (χ1v) is 10.5. The summed E-state index contributed by atoms with van der Waals surface area (Å²) >= 11 is 0. The van der Waals surface area contributed by atoms with Gasteiger partial charge in [0.2, 0.25) is 11.8 Å². The lowest BCUT2D eigenvalue weighted by Crippen LogP contribution is -2.41. The lowest BCUT2D eigenvalue weighted by atomic mass is 9.71. The molecule has 2 aromatic rings. The van der Waals surface area contributed by atoms with Gasteiger partial charge < -0.3 is 14.3 Å². The Morgan fingerprint density at radius 3 is 2.03 bits per heavy atom. The topological polar surface area (TPSA) is 77.4 Å². The van der Waals surface area contributed by atoms with E-state index in [-0.39, 0.29) is 47.5 Å². The highest BCUT2D eigenvalue weighted by atomic mass is 16.6. The number of imide groups is 1. The maximum atomic E-state index is 13.4. The van der Waals surface area contributed by atoms with E-state index in [0.29, 0.717) is 11.4 Å². The summed E-state index contributed by atoms with van der Waals surface area (Å²) < 4.78 is 10.4. The number of nitrogens with zero attached hydrogens (tertiary/aromatic N) is 2. The van der Waals surface area contributed by atoms with Crippen LogP contribution in [0.1, 0.15) is 12.0 Å². The molecule has 0 aromatic heterocycles. The van der Waals surface area contributed by atoms with E-state index in [4.69, 9.17) is 14.3 Å². The van der Waals surface area contributed by atoms with E-state index in [1.54, 1.807) is 38.5 Å². The summed E-state index contributed by atoms with van der Waals surface area (Å²) in [5, 5.41) is 4.39. The summed E-state index contributed by atoms with van der Waals surface area (Å²) in [5.41, 5.74) is 2.45. The molecule has 7 nitrogen and oxygen atoms in total. The first kappa shape index (κ1) is 18.4. The fourth-order valence-electron chi connectivity index (χ4n) is 6.11. The molecule has 2 aliphatic carbocycles. The van der Waals surface area contributed by atoms with Crippen molar-refractivity contribution in [3.05, 3.63) is 54.1 Å². The summed E-state index contributed by atoms with van der Waals surface area (Å²) in [7, 11) is 3.22. The van der Waals surface area contributed by atoms with Gasteiger partial charge in [-0.3, -0.25) is 14.5 Å². The van der Waals surface area contributed by atoms with Crippen molar-refractivity contribution in [3.63, 3.8) is 0 Å². The lowest BCUT2D eigenvalue weighted by molar-refractivity contribution is -0.125. The minimum atomic E-state index is -0.328. The molecule has 1 saturated heterocycles. The minimum absolute atomic E-state index is 0.0131. The van der Waals surface area contributed by atoms with Crippen LogP contribution in [0.3, 0.4) is 0 Å². The summed E-state index contributed by atoms with van der Waals surface area (Å²) in [6.45, 7) is 0. The number of methoxy groups -OCH3 is 2. The standard InChI is InChI=1S/C24H22N2O5/c1-29-14-7-3-12(4-8-14)21-20-16-11-17(22(20)31-25-21)19-18(16)23(27)26(24(19)28)13-5-9-15(30-2)10-6-13/h3-10,16-20,22H,11H2,1-2H3/t16-,17+,18-,19+,20-,22-/m1/s1. The van der Waals surface area contributed by atoms with Crippen LogP contribution in [0.2, 0.25) is 0 Å². The van der Waals surface area contributed by atoms with Crippen LogP contribution in [0, 0.1) is 29.6 Å². The van der Waals surface area contributed by atoms with Gasteiger partial charge in [-0.1, -0.05) is 5.16 Å². The quantitative estimate of drug-likeness (QED) is 0.714. The van der Waals surface area contributed by atoms with E-state index in [0.717, 1.165) is 23.4 Å². The molecule has 0 radical (unpaired) electrons. The Hall–Kier alpha value is -3.35. The van der Waals surface area contributed by atoms with Gasteiger partial charge in [0, 0.05) is 17.4 Å². The van der Waals surface area contributed by atoms with E-state index < -0.39 is 0 Å². The average molecular weight is 418 g/mol. The molecule has 6 rings (SSSR count). The van der Waals surface area contributed by atoms with Crippen LogP contribution < -0.4 is 14.4 Å². The molecule has 3 fully saturated rings. The number of amides is 2. The van der Waals surface area contributed by atoms with Crippen LogP contribution in [-0.2, 0) is 14.4 Å². The monoisotopic (exact) mass is 418 g/mol. The molecule has 0 spiro atoms. The molecular weight excluding hydrogens is 396 g/mol. The predicted molar refractivity (Wildman–Crippen MR) is 112 cm³/mol. The van der Waals surface area contributed by atoms with Gasteiger partial charge in [-0.2, -0.15) is 0 Å². The van der Waals surface area contributed by atoms with Crippen LogP contribution in [0.15, 0.2) is 53.7 Å². The number of benzene rings is 2. The van der Waals surface area contributed by atoms with Crippen LogP contribution in [0.4, 0.5) is 5.69 Å². The second-order valence-corrected chi connectivity index (χ2v) is 8.63. The third-order valence-corrected chi connectivity index (χ3v) is 7.41. The molecule has 7 heteroatoms. The van der Waals surface area contributed by atoms with Crippen LogP contribution >= 0.6 is 0 Å². The van der Waals surface area contributed by atoms with Crippen LogP contribution in [-0.4, -0.2) is 37.8 Å². The highest BCUT2D eigenvalue weighted by Crippen LogP contribution is 2.62. The number of rotatable bonds is 4. The van der Waals surface area contributed by atoms with Crippen LogP contribution in [0.25, 0.3) is 0 Å². The Bertz CT molecular complexity index is 1090. The second kappa shape index (κ2) is 6.57. The predicted octanol–water partition coefficient (Wildman–Crippen LogP) is 2.88. The molecule has 2 aliphatic heterocycles. The van der Waals surface area contributed by atoms with Crippen molar-refractivity contribution >= 4 is 23.2 Å². The first-order valence-electron chi connectivity index (χ1n) is 10.5. The normalized spacial score (nSPS) is 32.6. The molecule has 158 valence electrons. The molecule has 31 heavy (non-hydrogen) atoms. The zero-order valence-electron chi connectivity index (χ0n) is 17.2. The van der Waals surface area contributed by atoms with Crippen molar-refractivity contribution < 1.29 is 23.9 Å². The van der Waals surface area contributed by atoms with Crippen molar-refractivity contribution in [3.8, 4) is 11.5 Å². The third-order valence-electron chi connectivity index (χ3n) is 7.41. The SMILES string of the molecule is COc1ccc(C2=NO[C@@H]3[C@H]4C[C@H]([C@H]5C(=O)N(c6ccc(OC)cc6)C(=O)[C@@H]45)[C@H]23)cc1. The number of hydrogen-bond donors (Lipinski definition) is 0. The molecule has 4 aliphatic rings. The summed E-state index contributed by atoms with van der Waals surface area (Å²) in [6.07, 6.45) is 0.684.